The van der Waals surface area contributed by atoms with Gasteiger partial charge in [-0.2, -0.15) is 0 Å². The Labute approximate surface area is 141 Å². The lowest BCUT2D eigenvalue weighted by molar-refractivity contribution is 0.242. The molecule has 1 aromatic heterocycles. The van der Waals surface area contributed by atoms with Crippen LogP contribution in [-0.4, -0.2) is 17.1 Å². The highest BCUT2D eigenvalue weighted by Gasteiger charge is 2.13. The Hall–Kier alpha value is -2.08. The monoisotopic (exact) mass is 333 g/mol. The van der Waals surface area contributed by atoms with Gasteiger partial charge in [-0.3, -0.25) is 0 Å². The first kappa shape index (κ1) is 17.3. The van der Waals surface area contributed by atoms with E-state index < -0.39 is 0 Å². The van der Waals surface area contributed by atoms with E-state index in [0.29, 0.717) is 0 Å². The van der Waals surface area contributed by atoms with Crippen LogP contribution in [0.1, 0.15) is 43.1 Å². The summed E-state index contributed by atoms with van der Waals surface area (Å²) in [6.45, 7) is 9.77. The molecule has 0 unspecified atom stereocenters. The van der Waals surface area contributed by atoms with Crippen LogP contribution >= 0.6 is 11.3 Å². The predicted molar refractivity (Wildman–Crippen MR) is 94.4 cm³/mol. The average molecular weight is 333 g/mol. The number of rotatable bonds is 5. The molecule has 6 heteroatoms. The normalized spacial score (nSPS) is 12.1. The van der Waals surface area contributed by atoms with Crippen LogP contribution in [0.4, 0.5) is 10.5 Å². The Morgan fingerprint density at radius 3 is 2.57 bits per heavy atom. The van der Waals surface area contributed by atoms with E-state index in [-0.39, 0.29) is 18.2 Å². The van der Waals surface area contributed by atoms with Crippen molar-refractivity contribution < 1.29 is 9.53 Å². The molecule has 2 N–H and O–H groups in total. The maximum atomic E-state index is 12.1. The van der Waals surface area contributed by atoms with Gasteiger partial charge in [-0.15, -0.1) is 11.3 Å². The third kappa shape index (κ3) is 4.96. The van der Waals surface area contributed by atoms with Crippen LogP contribution in [0.25, 0.3) is 0 Å². The van der Waals surface area contributed by atoms with E-state index in [0.717, 1.165) is 27.7 Å². The zero-order chi connectivity index (χ0) is 17.0. The lowest BCUT2D eigenvalue weighted by Gasteiger charge is -2.15. The van der Waals surface area contributed by atoms with Gasteiger partial charge >= 0.3 is 6.03 Å². The number of thiazole rings is 1. The van der Waals surface area contributed by atoms with E-state index in [2.05, 4.69) is 15.6 Å². The number of benzene rings is 1. The van der Waals surface area contributed by atoms with Crippen molar-refractivity contribution in [2.75, 3.05) is 5.32 Å². The van der Waals surface area contributed by atoms with Crippen molar-refractivity contribution in [2.45, 2.75) is 46.8 Å². The summed E-state index contributed by atoms with van der Waals surface area (Å²) < 4.78 is 5.64. The Kier molecular flexibility index (Phi) is 5.60. The molecule has 0 aliphatic rings. The van der Waals surface area contributed by atoms with Crippen LogP contribution in [0.5, 0.6) is 5.75 Å². The number of ether oxygens (including phenoxy) is 1. The molecule has 0 aliphatic carbocycles. The average Bonchev–Trinajstić information content (AvgIpc) is 2.88. The zero-order valence-corrected chi connectivity index (χ0v) is 15.0. The number of carbonyl (C=O) groups excluding carboxylic acids is 1. The molecule has 1 heterocycles. The molecule has 0 fully saturated rings. The Morgan fingerprint density at radius 2 is 2.00 bits per heavy atom. The summed E-state index contributed by atoms with van der Waals surface area (Å²) in [5, 5.41) is 8.64. The van der Waals surface area contributed by atoms with Gasteiger partial charge in [-0.05, 0) is 58.4 Å². The van der Waals surface area contributed by atoms with E-state index in [4.69, 9.17) is 4.74 Å². The highest BCUT2D eigenvalue weighted by atomic mass is 32.1. The van der Waals surface area contributed by atoms with Gasteiger partial charge in [0.2, 0.25) is 0 Å². The summed E-state index contributed by atoms with van der Waals surface area (Å²) in [6.07, 6.45) is 0.124. The molecular formula is C17H23N3O2S. The molecular weight excluding hydrogens is 310 g/mol. The van der Waals surface area contributed by atoms with E-state index in [1.165, 1.54) is 0 Å². The summed E-state index contributed by atoms with van der Waals surface area (Å²) in [5.74, 6) is 0.801. The maximum Gasteiger partial charge on any atom is 0.319 e. The fourth-order valence-corrected chi connectivity index (χ4v) is 2.91. The first-order chi connectivity index (χ1) is 10.8. The molecule has 1 aromatic carbocycles. The quantitative estimate of drug-likeness (QED) is 0.851. The van der Waals surface area contributed by atoms with Crippen LogP contribution in [0.15, 0.2) is 23.6 Å². The smallest absolute Gasteiger partial charge is 0.319 e. The van der Waals surface area contributed by atoms with Gasteiger partial charge in [0.25, 0.3) is 0 Å². The number of urea groups is 1. The number of amides is 2. The Balaban J connectivity index is 1.97. The second kappa shape index (κ2) is 7.46. The topological polar surface area (TPSA) is 63.2 Å². The van der Waals surface area contributed by atoms with Crippen molar-refractivity contribution in [2.24, 2.45) is 0 Å². The molecule has 23 heavy (non-hydrogen) atoms. The molecule has 0 aliphatic heterocycles. The number of anilines is 1. The fraction of sp³-hybridized carbons (Fsp3) is 0.412. The highest BCUT2D eigenvalue weighted by molar-refractivity contribution is 7.09. The molecule has 124 valence electrons. The van der Waals surface area contributed by atoms with Crippen molar-refractivity contribution in [3.05, 3.63) is 39.8 Å². The lowest BCUT2D eigenvalue weighted by Crippen LogP contribution is -2.31. The third-order valence-electron chi connectivity index (χ3n) is 3.17. The number of hydrogen-bond acceptors (Lipinski definition) is 4. The molecule has 0 bridgehead atoms. The lowest BCUT2D eigenvalue weighted by atomic mass is 10.2. The van der Waals surface area contributed by atoms with Crippen LogP contribution in [0.2, 0.25) is 0 Å². The molecule has 0 saturated heterocycles. The standard InChI is InChI=1S/C17H23N3O2S/c1-10(2)22-14-6-7-15(11(3)8-14)20-17(21)19-13(5)16-18-12(4)9-23-16/h6-10,13H,1-5H3,(H2,19,20,21)/t13-/m0/s1. The van der Waals surface area contributed by atoms with E-state index in [1.807, 2.05) is 58.2 Å². The van der Waals surface area contributed by atoms with Crippen LogP contribution in [0, 0.1) is 13.8 Å². The predicted octanol–water partition coefficient (Wildman–Crippen LogP) is 4.43. The minimum absolute atomic E-state index is 0.124. The van der Waals surface area contributed by atoms with Crippen molar-refractivity contribution in [3.8, 4) is 5.75 Å². The maximum absolute atomic E-state index is 12.1. The zero-order valence-electron chi connectivity index (χ0n) is 14.1. The minimum Gasteiger partial charge on any atom is -0.491 e. The molecule has 0 spiro atoms. The van der Waals surface area contributed by atoms with Gasteiger partial charge in [0.15, 0.2) is 0 Å². The van der Waals surface area contributed by atoms with Crippen molar-refractivity contribution in [3.63, 3.8) is 0 Å². The minimum atomic E-state index is -0.244. The van der Waals surface area contributed by atoms with Crippen LogP contribution < -0.4 is 15.4 Å². The van der Waals surface area contributed by atoms with Crippen LogP contribution in [-0.2, 0) is 0 Å². The number of carbonyl (C=O) groups is 1. The second-order valence-electron chi connectivity index (χ2n) is 5.79. The van der Waals surface area contributed by atoms with Gasteiger partial charge in [-0.1, -0.05) is 0 Å². The molecule has 5 nitrogen and oxygen atoms in total. The van der Waals surface area contributed by atoms with Crippen molar-refractivity contribution in [1.29, 1.82) is 0 Å². The number of hydrogen-bond donors (Lipinski definition) is 2. The first-order valence-corrected chi connectivity index (χ1v) is 8.50. The van der Waals surface area contributed by atoms with Gasteiger partial charge < -0.3 is 15.4 Å². The number of nitrogens with zero attached hydrogens (tertiary/aromatic N) is 1. The molecule has 2 amide bonds. The molecule has 2 aromatic rings. The van der Waals surface area contributed by atoms with Gasteiger partial charge in [0.05, 0.1) is 12.1 Å². The summed E-state index contributed by atoms with van der Waals surface area (Å²) in [7, 11) is 0. The Bertz CT molecular complexity index is 682. The van der Waals surface area contributed by atoms with Gasteiger partial charge in [0, 0.05) is 16.8 Å². The van der Waals surface area contributed by atoms with Crippen molar-refractivity contribution in [1.82, 2.24) is 10.3 Å². The van der Waals surface area contributed by atoms with E-state index >= 15 is 0 Å². The molecule has 0 saturated carbocycles. The SMILES string of the molecule is Cc1csc([C@H](C)NC(=O)Nc2ccc(OC(C)C)cc2C)n1. The summed E-state index contributed by atoms with van der Waals surface area (Å²) in [5.41, 5.74) is 2.69. The summed E-state index contributed by atoms with van der Waals surface area (Å²) in [4.78, 5) is 16.5. The van der Waals surface area contributed by atoms with Gasteiger partial charge in [0.1, 0.15) is 10.8 Å². The van der Waals surface area contributed by atoms with Crippen LogP contribution in [0.3, 0.4) is 0 Å². The third-order valence-corrected chi connectivity index (χ3v) is 4.32. The number of nitrogens with one attached hydrogen (secondary N) is 2. The van der Waals surface area contributed by atoms with E-state index in [1.54, 1.807) is 11.3 Å². The summed E-state index contributed by atoms with van der Waals surface area (Å²) in [6, 6.07) is 5.26. The number of aryl methyl sites for hydroxylation is 2. The highest BCUT2D eigenvalue weighted by Crippen LogP contribution is 2.23. The molecule has 0 radical (unpaired) electrons. The number of aromatic nitrogens is 1. The summed E-state index contributed by atoms with van der Waals surface area (Å²) >= 11 is 1.55. The largest absolute Gasteiger partial charge is 0.491 e. The first-order valence-electron chi connectivity index (χ1n) is 7.62. The van der Waals surface area contributed by atoms with Gasteiger partial charge in [-0.25, -0.2) is 9.78 Å². The van der Waals surface area contributed by atoms with Crippen molar-refractivity contribution >= 4 is 23.1 Å². The molecule has 1 atom stereocenters. The van der Waals surface area contributed by atoms with E-state index in [9.17, 15) is 4.79 Å². The second-order valence-corrected chi connectivity index (χ2v) is 6.68. The molecule has 2 rings (SSSR count). The Morgan fingerprint density at radius 1 is 1.26 bits per heavy atom. The fourth-order valence-electron chi connectivity index (χ4n) is 2.11.